The molecule has 0 atom stereocenters. The predicted molar refractivity (Wildman–Crippen MR) is 78.7 cm³/mol. The van der Waals surface area contributed by atoms with E-state index in [1.54, 1.807) is 0 Å². The molecule has 2 rings (SSSR count). The van der Waals surface area contributed by atoms with Crippen LogP contribution in [0.15, 0.2) is 39.9 Å². The number of phenolic OH excluding ortho intramolecular Hbond substituents is 1. The van der Waals surface area contributed by atoms with Crippen molar-refractivity contribution in [3.63, 3.8) is 0 Å². The van der Waals surface area contributed by atoms with Crippen molar-refractivity contribution in [3.05, 3.63) is 41.3 Å². The molecule has 0 saturated carbocycles. The van der Waals surface area contributed by atoms with Crippen molar-refractivity contribution in [2.24, 2.45) is 0 Å². The van der Waals surface area contributed by atoms with E-state index in [2.05, 4.69) is 5.32 Å². The van der Waals surface area contributed by atoms with E-state index in [9.17, 15) is 14.7 Å². The van der Waals surface area contributed by atoms with Gasteiger partial charge in [0.05, 0.1) is 21.2 Å². The molecule has 104 valence electrons. The van der Waals surface area contributed by atoms with Gasteiger partial charge in [-0.25, -0.2) is 4.79 Å². The zero-order chi connectivity index (χ0) is 14.5. The Morgan fingerprint density at radius 2 is 2.10 bits per heavy atom. The predicted octanol–water partition coefficient (Wildman–Crippen LogP) is 2.88. The van der Waals surface area contributed by atoms with Crippen molar-refractivity contribution in [2.45, 2.75) is 4.21 Å². The fourth-order valence-electron chi connectivity index (χ4n) is 1.49. The van der Waals surface area contributed by atoms with Crippen LogP contribution in [0.2, 0.25) is 0 Å². The lowest BCUT2D eigenvalue weighted by atomic mass is 10.1. The Kier molecular flexibility index (Phi) is 4.65. The van der Waals surface area contributed by atoms with Crippen LogP contribution < -0.4 is 5.32 Å². The topological polar surface area (TPSA) is 86.6 Å². The molecule has 0 spiro atoms. The van der Waals surface area contributed by atoms with Crippen LogP contribution in [-0.2, 0) is 4.79 Å². The fraction of sp³-hybridized carbons (Fsp3) is 0.0769. The van der Waals surface area contributed by atoms with Crippen LogP contribution >= 0.6 is 23.1 Å². The molecule has 7 heteroatoms. The number of hydrogen-bond acceptors (Lipinski definition) is 5. The van der Waals surface area contributed by atoms with E-state index in [0.717, 1.165) is 10.3 Å². The van der Waals surface area contributed by atoms with Crippen molar-refractivity contribution in [3.8, 4) is 5.75 Å². The first-order valence-electron chi connectivity index (χ1n) is 5.59. The molecule has 20 heavy (non-hydrogen) atoms. The Morgan fingerprint density at radius 1 is 1.30 bits per heavy atom. The van der Waals surface area contributed by atoms with Crippen LogP contribution in [0.1, 0.15) is 10.4 Å². The van der Waals surface area contributed by atoms with Gasteiger partial charge in [-0.15, -0.1) is 23.1 Å². The van der Waals surface area contributed by atoms with E-state index in [4.69, 9.17) is 5.11 Å². The van der Waals surface area contributed by atoms with Crippen molar-refractivity contribution in [2.75, 3.05) is 11.1 Å². The van der Waals surface area contributed by atoms with Crippen molar-refractivity contribution in [1.29, 1.82) is 0 Å². The molecule has 0 bridgehead atoms. The molecule has 1 amide bonds. The van der Waals surface area contributed by atoms with Gasteiger partial charge in [0.1, 0.15) is 5.75 Å². The number of thioether (sulfide) groups is 1. The third-order valence-corrected chi connectivity index (χ3v) is 4.48. The standard InChI is InChI=1S/C13H11NO4S2/c15-8-3-4-10(9(6-8)13(17)18)14-11(16)7-20-12-2-1-5-19-12/h1-6,15H,7H2,(H,14,16)(H,17,18). The number of nitrogens with one attached hydrogen (secondary N) is 1. The van der Waals surface area contributed by atoms with Gasteiger partial charge in [-0.05, 0) is 29.6 Å². The summed E-state index contributed by atoms with van der Waals surface area (Å²) in [6, 6.07) is 7.60. The highest BCUT2D eigenvalue weighted by Crippen LogP contribution is 2.25. The molecule has 0 fully saturated rings. The number of phenols is 1. The summed E-state index contributed by atoms with van der Waals surface area (Å²) in [6.45, 7) is 0. The summed E-state index contributed by atoms with van der Waals surface area (Å²) in [5.74, 6) is -1.47. The Hall–Kier alpha value is -1.99. The highest BCUT2D eigenvalue weighted by atomic mass is 32.2. The second-order valence-corrected chi connectivity index (χ2v) is 6.03. The zero-order valence-electron chi connectivity index (χ0n) is 10.2. The number of aromatic hydroxyl groups is 1. The zero-order valence-corrected chi connectivity index (χ0v) is 11.8. The van der Waals surface area contributed by atoms with Gasteiger partial charge in [-0.2, -0.15) is 0 Å². The molecule has 2 aromatic rings. The van der Waals surface area contributed by atoms with Crippen molar-refractivity contribution in [1.82, 2.24) is 0 Å². The van der Waals surface area contributed by atoms with Gasteiger partial charge < -0.3 is 15.5 Å². The second kappa shape index (κ2) is 6.44. The van der Waals surface area contributed by atoms with Crippen LogP contribution in [0.25, 0.3) is 0 Å². The first-order valence-corrected chi connectivity index (χ1v) is 7.45. The van der Waals surface area contributed by atoms with E-state index in [1.807, 2.05) is 17.5 Å². The largest absolute Gasteiger partial charge is 0.508 e. The summed E-state index contributed by atoms with van der Waals surface area (Å²) in [7, 11) is 0. The molecule has 0 saturated heterocycles. The molecule has 0 radical (unpaired) electrons. The Balaban J connectivity index is 2.02. The average Bonchev–Trinajstić information content (AvgIpc) is 2.91. The Morgan fingerprint density at radius 3 is 2.75 bits per heavy atom. The molecule has 0 aliphatic rings. The quantitative estimate of drug-likeness (QED) is 0.584. The summed E-state index contributed by atoms with van der Waals surface area (Å²) < 4.78 is 1.02. The number of carbonyl (C=O) groups is 2. The maximum Gasteiger partial charge on any atom is 0.337 e. The first-order chi connectivity index (χ1) is 9.56. The van der Waals surface area contributed by atoms with Gasteiger partial charge in [-0.1, -0.05) is 6.07 Å². The number of carboxylic acids is 1. The molecule has 1 aromatic heterocycles. The van der Waals surface area contributed by atoms with E-state index in [0.29, 0.717) is 0 Å². The summed E-state index contributed by atoms with van der Waals surface area (Å²) in [6.07, 6.45) is 0. The van der Waals surface area contributed by atoms with Gasteiger partial charge in [0.15, 0.2) is 0 Å². The summed E-state index contributed by atoms with van der Waals surface area (Å²) in [5.41, 5.74) is 0.0338. The van der Waals surface area contributed by atoms with Gasteiger partial charge in [-0.3, -0.25) is 4.79 Å². The highest BCUT2D eigenvalue weighted by molar-refractivity contribution is 8.01. The number of anilines is 1. The third-order valence-electron chi connectivity index (χ3n) is 2.35. The van der Waals surface area contributed by atoms with E-state index < -0.39 is 5.97 Å². The van der Waals surface area contributed by atoms with E-state index in [-0.39, 0.29) is 28.7 Å². The van der Waals surface area contributed by atoms with Crippen molar-refractivity contribution >= 4 is 40.7 Å². The van der Waals surface area contributed by atoms with Gasteiger partial charge >= 0.3 is 5.97 Å². The van der Waals surface area contributed by atoms with Crippen LogP contribution in [0.3, 0.4) is 0 Å². The number of carbonyl (C=O) groups excluding carboxylic acids is 1. The van der Waals surface area contributed by atoms with Gasteiger partial charge in [0.25, 0.3) is 0 Å². The number of thiophene rings is 1. The minimum atomic E-state index is -1.21. The second-order valence-electron chi connectivity index (χ2n) is 3.80. The summed E-state index contributed by atoms with van der Waals surface area (Å²) in [4.78, 5) is 22.8. The van der Waals surface area contributed by atoms with Crippen molar-refractivity contribution < 1.29 is 19.8 Å². The maximum atomic E-state index is 11.8. The van der Waals surface area contributed by atoms with Gasteiger partial charge in [0.2, 0.25) is 5.91 Å². The molecule has 0 unspecified atom stereocenters. The average molecular weight is 309 g/mol. The Bertz CT molecular complexity index is 625. The molecule has 5 nitrogen and oxygen atoms in total. The molecule has 0 aliphatic heterocycles. The first kappa shape index (κ1) is 14.4. The van der Waals surface area contributed by atoms with E-state index in [1.165, 1.54) is 35.2 Å². The lowest BCUT2D eigenvalue weighted by Gasteiger charge is -2.08. The van der Waals surface area contributed by atoms with Crippen LogP contribution in [0, 0.1) is 0 Å². The number of aromatic carboxylic acids is 1. The monoisotopic (exact) mass is 309 g/mol. The number of rotatable bonds is 5. The summed E-state index contributed by atoms with van der Waals surface area (Å²) in [5, 5.41) is 22.7. The normalized spacial score (nSPS) is 10.2. The molecule has 1 aromatic carbocycles. The Labute approximate surface area is 123 Å². The van der Waals surface area contributed by atoms with Gasteiger partial charge in [0, 0.05) is 0 Å². The SMILES string of the molecule is O=C(CSc1cccs1)Nc1ccc(O)cc1C(=O)O. The molecular weight excluding hydrogens is 298 g/mol. The number of amides is 1. The number of carboxylic acid groups (broad SMARTS) is 1. The third kappa shape index (κ3) is 3.75. The lowest BCUT2D eigenvalue weighted by molar-refractivity contribution is -0.113. The molecule has 3 N–H and O–H groups in total. The molecule has 0 aliphatic carbocycles. The minimum Gasteiger partial charge on any atom is -0.508 e. The lowest BCUT2D eigenvalue weighted by Crippen LogP contribution is -2.16. The number of benzene rings is 1. The maximum absolute atomic E-state index is 11.8. The minimum absolute atomic E-state index is 0.139. The smallest absolute Gasteiger partial charge is 0.337 e. The van der Waals surface area contributed by atoms with E-state index >= 15 is 0 Å². The number of hydrogen-bond donors (Lipinski definition) is 3. The molecule has 1 heterocycles. The highest BCUT2D eigenvalue weighted by Gasteiger charge is 2.13. The summed E-state index contributed by atoms with van der Waals surface area (Å²) >= 11 is 2.92. The van der Waals surface area contributed by atoms with Crippen LogP contribution in [0.4, 0.5) is 5.69 Å². The molecular formula is C13H11NO4S2. The van der Waals surface area contributed by atoms with Crippen LogP contribution in [0.5, 0.6) is 5.75 Å². The fourth-order valence-corrected chi connectivity index (χ4v) is 3.07. The van der Waals surface area contributed by atoms with Crippen LogP contribution in [-0.4, -0.2) is 27.8 Å².